The largest absolute Gasteiger partial charge is 0.468 e. The van der Waals surface area contributed by atoms with E-state index in [4.69, 9.17) is 19.5 Å². The highest BCUT2D eigenvalue weighted by molar-refractivity contribution is 8.18. The standard InChI is InChI=1S/2C36H35N3O2S/c2*1-41-34(40)33-32(23-22-28-14-6-2-7-15-28)42-35(37-31-20-12-5-13-21-31)36(33)38(26-29-16-8-3-9-17-29)24-25-39(36)27-30-18-10-4-11-19-30/h2*2-21,23,33H,22,24-27H2,1H3/b2*32-23+,37-35?/t2*33-/m11/s1. The zero-order chi connectivity index (χ0) is 57.6. The highest BCUT2D eigenvalue weighted by Crippen LogP contribution is 2.56. The third kappa shape index (κ3) is 12.8. The Morgan fingerprint density at radius 3 is 0.881 bits per heavy atom. The molecule has 4 heterocycles. The summed E-state index contributed by atoms with van der Waals surface area (Å²) in [6, 6.07) is 82.9. The predicted octanol–water partition coefficient (Wildman–Crippen LogP) is 14.2. The van der Waals surface area contributed by atoms with Crippen molar-refractivity contribution in [1.82, 2.24) is 19.6 Å². The Morgan fingerprint density at radius 2 is 0.631 bits per heavy atom. The van der Waals surface area contributed by atoms with Crippen LogP contribution >= 0.6 is 23.5 Å². The molecule has 12 heteroatoms. The molecule has 10 nitrogen and oxygen atoms in total. The van der Waals surface area contributed by atoms with Gasteiger partial charge in [-0.15, -0.1) is 0 Å². The Morgan fingerprint density at radius 1 is 0.393 bits per heavy atom. The van der Waals surface area contributed by atoms with E-state index in [0.29, 0.717) is 26.2 Å². The summed E-state index contributed by atoms with van der Waals surface area (Å²) < 4.78 is 11.2. The number of esters is 2. The summed E-state index contributed by atoms with van der Waals surface area (Å²) in [5.74, 6) is -1.57. The Labute approximate surface area is 503 Å². The molecule has 2 spiro atoms. The van der Waals surface area contributed by atoms with Crippen LogP contribution in [0, 0.1) is 11.8 Å². The molecular weight excluding hydrogens is 1080 g/mol. The number of benzene rings is 8. The van der Waals surface area contributed by atoms with Crippen LogP contribution in [0.25, 0.3) is 0 Å². The van der Waals surface area contributed by atoms with Crippen molar-refractivity contribution in [3.8, 4) is 0 Å². The van der Waals surface area contributed by atoms with Gasteiger partial charge in [0.1, 0.15) is 33.2 Å². The molecule has 2 atom stereocenters. The van der Waals surface area contributed by atoms with Crippen LogP contribution in [0.2, 0.25) is 0 Å². The topological polar surface area (TPSA) is 90.3 Å². The number of hydrogen-bond donors (Lipinski definition) is 0. The fraction of sp³-hybridized carbons (Fsp3) is 0.222. The number of methoxy groups -OCH3 is 2. The van der Waals surface area contributed by atoms with Crippen LogP contribution < -0.4 is 0 Å². The number of hydrogen-bond acceptors (Lipinski definition) is 12. The molecule has 0 radical (unpaired) electrons. The van der Waals surface area contributed by atoms with Crippen LogP contribution in [0.1, 0.15) is 33.4 Å². The summed E-state index contributed by atoms with van der Waals surface area (Å²) in [6.45, 7) is 5.98. The van der Waals surface area contributed by atoms with Gasteiger partial charge in [0.2, 0.25) is 0 Å². The Bertz CT molecular complexity index is 3220. The third-order valence-corrected chi connectivity index (χ3v) is 18.6. The molecule has 0 amide bonds. The summed E-state index contributed by atoms with van der Waals surface area (Å²) in [6.07, 6.45) is 5.86. The molecule has 4 aliphatic heterocycles. The first kappa shape index (κ1) is 57.9. The summed E-state index contributed by atoms with van der Waals surface area (Å²) >= 11 is 3.26. The number of nitrogens with zero attached hydrogens (tertiary/aromatic N) is 6. The van der Waals surface area contributed by atoms with E-state index in [0.717, 1.165) is 70.3 Å². The molecule has 0 bridgehead atoms. The van der Waals surface area contributed by atoms with Gasteiger partial charge >= 0.3 is 11.9 Å². The van der Waals surface area contributed by atoms with Gasteiger partial charge in [0.05, 0.1) is 25.6 Å². The number of ether oxygens (including phenoxy) is 2. The summed E-state index contributed by atoms with van der Waals surface area (Å²) in [5, 5.41) is 1.82. The van der Waals surface area contributed by atoms with Crippen LogP contribution in [0.5, 0.6) is 0 Å². The van der Waals surface area contributed by atoms with Gasteiger partial charge in [-0.1, -0.05) is 254 Å². The van der Waals surface area contributed by atoms with E-state index in [9.17, 15) is 9.59 Å². The van der Waals surface area contributed by atoms with Gasteiger partial charge in [0, 0.05) is 62.2 Å². The predicted molar refractivity (Wildman–Crippen MR) is 343 cm³/mol. The quantitative estimate of drug-likeness (QED) is 0.0872. The minimum absolute atomic E-state index is 0.238. The third-order valence-electron chi connectivity index (χ3n) is 16.1. The lowest BCUT2D eigenvalue weighted by Gasteiger charge is -2.44. The molecule has 8 aromatic rings. The van der Waals surface area contributed by atoms with Crippen LogP contribution in [-0.4, -0.2) is 93.4 Å². The average Bonchev–Trinajstić information content (AvgIpc) is 1.64. The van der Waals surface area contributed by atoms with Crippen molar-refractivity contribution in [1.29, 1.82) is 0 Å². The van der Waals surface area contributed by atoms with Crippen LogP contribution in [0.4, 0.5) is 11.4 Å². The van der Waals surface area contributed by atoms with E-state index in [1.807, 2.05) is 97.1 Å². The Balaban J connectivity index is 0.000000175. The Kier molecular flexibility index (Phi) is 19.0. The molecular formula is C72H70N6O4S2. The maximum atomic E-state index is 14.0. The van der Waals surface area contributed by atoms with Gasteiger partial charge in [-0.2, -0.15) is 0 Å². The lowest BCUT2D eigenvalue weighted by Crippen LogP contribution is -2.62. The molecule has 0 saturated carbocycles. The van der Waals surface area contributed by atoms with Gasteiger partial charge < -0.3 is 9.47 Å². The molecule has 4 fully saturated rings. The molecule has 0 aromatic heterocycles. The number of aliphatic imine (C=N–C) groups is 2. The van der Waals surface area contributed by atoms with Gasteiger partial charge in [-0.05, 0) is 70.5 Å². The monoisotopic (exact) mass is 1150 g/mol. The lowest BCUT2D eigenvalue weighted by molar-refractivity contribution is -0.150. The van der Waals surface area contributed by atoms with Crippen molar-refractivity contribution in [3.63, 3.8) is 0 Å². The fourth-order valence-corrected chi connectivity index (χ4v) is 15.1. The number of rotatable bonds is 16. The summed E-state index contributed by atoms with van der Waals surface area (Å²) in [4.78, 5) is 50.4. The van der Waals surface area contributed by atoms with Gasteiger partial charge in [-0.3, -0.25) is 29.2 Å². The van der Waals surface area contributed by atoms with Crippen molar-refractivity contribution in [2.75, 3.05) is 40.4 Å². The van der Waals surface area contributed by atoms with Crippen molar-refractivity contribution in [2.45, 2.75) is 50.3 Å². The number of para-hydroxylation sites is 2. The maximum absolute atomic E-state index is 14.0. The average molecular weight is 1150 g/mol. The van der Waals surface area contributed by atoms with Gasteiger partial charge in [0.25, 0.3) is 0 Å². The fourth-order valence-electron chi connectivity index (χ4n) is 12.2. The Hall–Kier alpha value is -7.94. The second-order valence-corrected chi connectivity index (χ2v) is 23.4. The first-order valence-corrected chi connectivity index (χ1v) is 30.4. The molecule has 0 N–H and O–H groups in total. The smallest absolute Gasteiger partial charge is 0.317 e. The summed E-state index contributed by atoms with van der Waals surface area (Å²) in [7, 11) is 3.00. The molecule has 424 valence electrons. The van der Waals surface area contributed by atoms with Crippen LogP contribution in [0.15, 0.2) is 275 Å². The molecule has 4 saturated heterocycles. The molecule has 0 unspecified atom stereocenters. The SMILES string of the molecule is COC(=O)[C@H]1/C(=C\Cc2ccccc2)SC(=Nc2ccccc2)C12N(Cc1ccccc1)CCN2Cc1ccccc1.COC(=O)[C@H]1/C(=C\Cc2ccccc2)SC(=Nc2ccccc2)C12N(Cc1ccccc1)CCN2Cc1ccccc1. The highest BCUT2D eigenvalue weighted by atomic mass is 32.2. The van der Waals surface area contributed by atoms with E-state index < -0.39 is 23.2 Å². The molecule has 0 aliphatic carbocycles. The van der Waals surface area contributed by atoms with E-state index in [1.54, 1.807) is 23.5 Å². The van der Waals surface area contributed by atoms with Crippen LogP contribution in [0.3, 0.4) is 0 Å². The maximum Gasteiger partial charge on any atom is 0.317 e. The number of carbonyl (C=O) groups is 2. The zero-order valence-corrected chi connectivity index (χ0v) is 49.2. The minimum Gasteiger partial charge on any atom is -0.468 e. The van der Waals surface area contributed by atoms with Crippen molar-refractivity contribution in [3.05, 3.63) is 298 Å². The van der Waals surface area contributed by atoms with E-state index in [2.05, 4.69) is 177 Å². The zero-order valence-electron chi connectivity index (χ0n) is 47.6. The minimum atomic E-state index is -0.804. The van der Waals surface area contributed by atoms with Crippen LogP contribution in [-0.2, 0) is 58.1 Å². The van der Waals surface area contributed by atoms with Gasteiger partial charge in [-0.25, -0.2) is 9.98 Å². The van der Waals surface area contributed by atoms with Crippen molar-refractivity contribution >= 4 is 56.9 Å². The number of thioether (sulfide) groups is 2. The molecule has 8 aromatic carbocycles. The van der Waals surface area contributed by atoms with Crippen molar-refractivity contribution in [2.24, 2.45) is 21.8 Å². The van der Waals surface area contributed by atoms with E-state index >= 15 is 0 Å². The lowest BCUT2D eigenvalue weighted by atomic mass is 9.88. The number of carbonyl (C=O) groups excluding carboxylic acids is 2. The van der Waals surface area contributed by atoms with E-state index in [1.165, 1.54) is 47.6 Å². The highest BCUT2D eigenvalue weighted by Gasteiger charge is 2.66. The normalized spacial score (nSPS) is 20.5. The van der Waals surface area contributed by atoms with E-state index in [-0.39, 0.29) is 11.9 Å². The molecule has 12 rings (SSSR count). The molecule has 84 heavy (non-hydrogen) atoms. The first-order chi connectivity index (χ1) is 41.4. The summed E-state index contributed by atoms with van der Waals surface area (Å²) in [5.41, 5.74) is 7.35. The first-order valence-electron chi connectivity index (χ1n) is 28.8. The number of allylic oxidation sites excluding steroid dienone is 2. The van der Waals surface area contributed by atoms with Gasteiger partial charge in [0.15, 0.2) is 0 Å². The molecule has 4 aliphatic rings. The second kappa shape index (κ2) is 27.6. The van der Waals surface area contributed by atoms with Crippen molar-refractivity contribution < 1.29 is 19.1 Å². The second-order valence-electron chi connectivity index (χ2n) is 21.3.